The van der Waals surface area contributed by atoms with E-state index in [4.69, 9.17) is 4.52 Å². The summed E-state index contributed by atoms with van der Waals surface area (Å²) < 4.78 is 5.32. The zero-order valence-corrected chi connectivity index (χ0v) is 19.3. The van der Waals surface area contributed by atoms with Crippen molar-refractivity contribution in [1.29, 1.82) is 0 Å². The van der Waals surface area contributed by atoms with E-state index >= 15 is 0 Å². The zero-order chi connectivity index (χ0) is 19.0. The van der Waals surface area contributed by atoms with E-state index in [-0.39, 0.29) is 29.4 Å². The van der Waals surface area contributed by atoms with Crippen molar-refractivity contribution in [3.8, 4) is 0 Å². The predicted octanol–water partition coefficient (Wildman–Crippen LogP) is 4.06. The SMILES string of the molecule is CCNC(=NCc1noc(C(C)(C)C)n1)NC(C)CCc1ccccc1.I. The molecule has 150 valence electrons. The Labute approximate surface area is 179 Å². The molecule has 0 saturated heterocycles. The summed E-state index contributed by atoms with van der Waals surface area (Å²) in [7, 11) is 0. The fourth-order valence-electron chi connectivity index (χ4n) is 2.43. The molecule has 0 aliphatic rings. The topological polar surface area (TPSA) is 75.3 Å². The second-order valence-electron chi connectivity index (χ2n) is 7.53. The number of nitrogens with one attached hydrogen (secondary N) is 2. The summed E-state index contributed by atoms with van der Waals surface area (Å²) in [6, 6.07) is 10.8. The first kappa shape index (κ1) is 23.4. The summed E-state index contributed by atoms with van der Waals surface area (Å²) >= 11 is 0. The number of aromatic nitrogens is 2. The lowest BCUT2D eigenvalue weighted by Gasteiger charge is -2.17. The Morgan fingerprint density at radius 2 is 1.93 bits per heavy atom. The van der Waals surface area contributed by atoms with Gasteiger partial charge in [0.05, 0.1) is 0 Å². The van der Waals surface area contributed by atoms with E-state index in [1.165, 1.54) is 5.56 Å². The van der Waals surface area contributed by atoms with E-state index in [1.54, 1.807) is 0 Å². The molecule has 0 aliphatic heterocycles. The average Bonchev–Trinajstić information content (AvgIpc) is 3.08. The maximum absolute atomic E-state index is 5.32. The van der Waals surface area contributed by atoms with E-state index < -0.39 is 0 Å². The molecule has 1 aromatic heterocycles. The fourth-order valence-corrected chi connectivity index (χ4v) is 2.43. The number of aliphatic imine (C=N–C) groups is 1. The number of guanidine groups is 1. The molecule has 0 aliphatic carbocycles. The Bertz CT molecular complexity index is 694. The maximum atomic E-state index is 5.32. The van der Waals surface area contributed by atoms with Gasteiger partial charge in [-0.2, -0.15) is 4.98 Å². The van der Waals surface area contributed by atoms with Crippen molar-refractivity contribution in [3.05, 3.63) is 47.6 Å². The van der Waals surface area contributed by atoms with Crippen LogP contribution in [0.3, 0.4) is 0 Å². The minimum absolute atomic E-state index is 0. The molecule has 6 nitrogen and oxygen atoms in total. The minimum atomic E-state index is -0.149. The molecule has 0 fully saturated rings. The van der Waals surface area contributed by atoms with Gasteiger partial charge in [-0.25, -0.2) is 4.99 Å². The molecule has 27 heavy (non-hydrogen) atoms. The Kier molecular flexibility index (Phi) is 9.76. The Hall–Kier alpha value is -1.64. The quantitative estimate of drug-likeness (QED) is 0.352. The van der Waals surface area contributed by atoms with Crippen LogP contribution in [-0.4, -0.2) is 28.7 Å². The van der Waals surface area contributed by atoms with Crippen LogP contribution in [0.15, 0.2) is 39.8 Å². The van der Waals surface area contributed by atoms with Gasteiger partial charge < -0.3 is 15.2 Å². The summed E-state index contributed by atoms with van der Waals surface area (Å²) in [4.78, 5) is 9.01. The van der Waals surface area contributed by atoms with Gasteiger partial charge in [0.2, 0.25) is 5.89 Å². The van der Waals surface area contributed by atoms with E-state index in [2.05, 4.69) is 63.9 Å². The molecule has 0 saturated carbocycles. The van der Waals surface area contributed by atoms with Crippen LogP contribution in [0.5, 0.6) is 0 Å². The first-order valence-electron chi connectivity index (χ1n) is 9.30. The van der Waals surface area contributed by atoms with Crippen LogP contribution < -0.4 is 10.6 Å². The molecule has 2 N–H and O–H groups in total. The van der Waals surface area contributed by atoms with Gasteiger partial charge in [0, 0.05) is 18.0 Å². The van der Waals surface area contributed by atoms with E-state index in [1.807, 2.05) is 26.8 Å². The lowest BCUT2D eigenvalue weighted by atomic mass is 9.97. The number of aryl methyl sites for hydroxylation is 1. The molecule has 2 rings (SSSR count). The molecule has 7 heteroatoms. The number of rotatable bonds is 7. The monoisotopic (exact) mass is 485 g/mol. The first-order valence-corrected chi connectivity index (χ1v) is 9.30. The van der Waals surface area contributed by atoms with E-state index in [0.29, 0.717) is 24.3 Å². The second kappa shape index (κ2) is 11.3. The molecule has 1 heterocycles. The Balaban J connectivity index is 0.00000364. The highest BCUT2D eigenvalue weighted by Gasteiger charge is 2.21. The largest absolute Gasteiger partial charge is 0.357 e. The normalized spacial score (nSPS) is 13.0. The van der Waals surface area contributed by atoms with Gasteiger partial charge in [-0.15, -0.1) is 24.0 Å². The van der Waals surface area contributed by atoms with Gasteiger partial charge in [-0.1, -0.05) is 56.3 Å². The van der Waals surface area contributed by atoms with Gasteiger partial charge in [0.1, 0.15) is 6.54 Å². The molecular weight excluding hydrogens is 453 g/mol. The van der Waals surface area contributed by atoms with Gasteiger partial charge in [-0.05, 0) is 32.3 Å². The lowest BCUT2D eigenvalue weighted by molar-refractivity contribution is 0.318. The smallest absolute Gasteiger partial charge is 0.232 e. The summed E-state index contributed by atoms with van der Waals surface area (Å²) in [5.41, 5.74) is 1.20. The van der Waals surface area contributed by atoms with Crippen LogP contribution in [0.4, 0.5) is 0 Å². The third kappa shape index (κ3) is 8.28. The minimum Gasteiger partial charge on any atom is -0.357 e. The van der Waals surface area contributed by atoms with Crippen molar-refractivity contribution in [2.45, 2.75) is 65.5 Å². The number of halogens is 1. The van der Waals surface area contributed by atoms with E-state index in [9.17, 15) is 0 Å². The van der Waals surface area contributed by atoms with Gasteiger partial charge in [0.15, 0.2) is 11.8 Å². The predicted molar refractivity (Wildman–Crippen MR) is 121 cm³/mol. The molecule has 0 radical (unpaired) electrons. The number of nitrogens with zero attached hydrogens (tertiary/aromatic N) is 3. The highest BCUT2D eigenvalue weighted by atomic mass is 127. The third-order valence-corrected chi connectivity index (χ3v) is 3.92. The van der Waals surface area contributed by atoms with Crippen molar-refractivity contribution < 1.29 is 4.52 Å². The number of benzene rings is 1. The van der Waals surface area contributed by atoms with Crippen LogP contribution in [0.25, 0.3) is 0 Å². The van der Waals surface area contributed by atoms with Gasteiger partial charge >= 0.3 is 0 Å². The molecular formula is C20H32IN5O. The van der Waals surface area contributed by atoms with Crippen molar-refractivity contribution >= 4 is 29.9 Å². The van der Waals surface area contributed by atoms with Crippen molar-refractivity contribution in [2.75, 3.05) is 6.54 Å². The molecule has 0 bridgehead atoms. The van der Waals surface area contributed by atoms with Gasteiger partial charge in [-0.3, -0.25) is 0 Å². The zero-order valence-electron chi connectivity index (χ0n) is 17.0. The van der Waals surface area contributed by atoms with Crippen LogP contribution in [0, 0.1) is 0 Å². The van der Waals surface area contributed by atoms with Crippen molar-refractivity contribution in [3.63, 3.8) is 0 Å². The molecule has 1 aromatic carbocycles. The standard InChI is InChI=1S/C20H31N5O.HI/c1-6-21-19(22-14-17-24-18(26-25-17)20(3,4)5)23-15(2)12-13-16-10-8-7-9-11-16;/h7-11,15H,6,12-14H2,1-5H3,(H2,21,22,23);1H. The molecule has 1 unspecified atom stereocenters. The Morgan fingerprint density at radius 1 is 1.22 bits per heavy atom. The average molecular weight is 485 g/mol. The third-order valence-electron chi connectivity index (χ3n) is 3.92. The van der Waals surface area contributed by atoms with Crippen molar-refractivity contribution in [1.82, 2.24) is 20.8 Å². The summed E-state index contributed by atoms with van der Waals surface area (Å²) in [6.45, 7) is 11.6. The summed E-state index contributed by atoms with van der Waals surface area (Å²) in [5, 5.41) is 10.7. The second-order valence-corrected chi connectivity index (χ2v) is 7.53. The van der Waals surface area contributed by atoms with Crippen LogP contribution in [0.1, 0.15) is 58.3 Å². The van der Waals surface area contributed by atoms with Crippen LogP contribution >= 0.6 is 24.0 Å². The molecule has 0 amide bonds. The summed E-state index contributed by atoms with van der Waals surface area (Å²) in [6.07, 6.45) is 2.07. The molecule has 0 spiro atoms. The van der Waals surface area contributed by atoms with Gasteiger partial charge in [0.25, 0.3) is 0 Å². The maximum Gasteiger partial charge on any atom is 0.232 e. The first-order chi connectivity index (χ1) is 12.4. The van der Waals surface area contributed by atoms with E-state index in [0.717, 1.165) is 25.3 Å². The lowest BCUT2D eigenvalue weighted by Crippen LogP contribution is -2.42. The fraction of sp³-hybridized carbons (Fsp3) is 0.550. The molecule has 2 aromatic rings. The molecule has 1 atom stereocenters. The number of hydrogen-bond acceptors (Lipinski definition) is 4. The highest BCUT2D eigenvalue weighted by molar-refractivity contribution is 14.0. The van der Waals surface area contributed by atoms with Crippen LogP contribution in [0.2, 0.25) is 0 Å². The summed E-state index contributed by atoms with van der Waals surface area (Å²) in [5.74, 6) is 2.01. The van der Waals surface area contributed by atoms with Crippen LogP contribution in [-0.2, 0) is 18.4 Å². The highest BCUT2D eigenvalue weighted by Crippen LogP contribution is 2.19. The van der Waals surface area contributed by atoms with Crippen molar-refractivity contribution in [2.24, 2.45) is 4.99 Å². The number of hydrogen-bond donors (Lipinski definition) is 2. The Morgan fingerprint density at radius 3 is 2.52 bits per heavy atom.